The molecule has 1 saturated heterocycles. The van der Waals surface area contributed by atoms with Gasteiger partial charge in [-0.2, -0.15) is 0 Å². The van der Waals surface area contributed by atoms with Crippen LogP contribution in [0.4, 0.5) is 4.39 Å². The van der Waals surface area contributed by atoms with Crippen molar-refractivity contribution in [3.8, 4) is 0 Å². The largest absolute Gasteiger partial charge is 0.392 e. The molecule has 1 aliphatic heterocycles. The summed E-state index contributed by atoms with van der Waals surface area (Å²) in [7, 11) is -1.77. The molecule has 0 amide bonds. The highest BCUT2D eigenvalue weighted by molar-refractivity contribution is 7.89. The molecule has 118 valence electrons. The van der Waals surface area contributed by atoms with E-state index in [4.69, 9.17) is 5.11 Å². The highest BCUT2D eigenvalue weighted by Crippen LogP contribution is 2.21. The zero-order valence-corrected chi connectivity index (χ0v) is 13.1. The standard InChI is InChI=1S/C14H21FN2O3S/c1-10-13(15)5-12(9-18)6-14(10)21(19,20)16-7-11-3-4-17(2)8-11/h5-6,11,16,18H,3-4,7-9H2,1-2H3. The summed E-state index contributed by atoms with van der Waals surface area (Å²) in [5.74, 6) is -0.349. The predicted octanol–water partition coefficient (Wildman–Crippen LogP) is 0.856. The first-order valence-electron chi connectivity index (χ1n) is 6.91. The molecule has 1 heterocycles. The summed E-state index contributed by atoms with van der Waals surface area (Å²) < 4.78 is 41.0. The Morgan fingerprint density at radius 1 is 1.48 bits per heavy atom. The van der Waals surface area contributed by atoms with E-state index in [1.807, 2.05) is 7.05 Å². The second kappa shape index (κ2) is 6.39. The van der Waals surface area contributed by atoms with Crippen LogP contribution >= 0.6 is 0 Å². The van der Waals surface area contributed by atoms with Crippen molar-refractivity contribution >= 4 is 10.0 Å². The second-order valence-electron chi connectivity index (χ2n) is 5.63. The van der Waals surface area contributed by atoms with Crippen molar-refractivity contribution in [2.45, 2.75) is 24.8 Å². The molecule has 1 aromatic carbocycles. The Kier molecular flexibility index (Phi) is 4.98. The Morgan fingerprint density at radius 3 is 2.76 bits per heavy atom. The van der Waals surface area contributed by atoms with Gasteiger partial charge in [0.25, 0.3) is 0 Å². The minimum absolute atomic E-state index is 0.0724. The van der Waals surface area contributed by atoms with E-state index in [1.165, 1.54) is 13.0 Å². The number of hydrogen-bond acceptors (Lipinski definition) is 4. The molecule has 0 aromatic heterocycles. The number of likely N-dealkylation sites (tertiary alicyclic amines) is 1. The van der Waals surface area contributed by atoms with E-state index in [0.717, 1.165) is 25.6 Å². The van der Waals surface area contributed by atoms with E-state index in [-0.39, 0.29) is 21.9 Å². The summed E-state index contributed by atoms with van der Waals surface area (Å²) in [6.07, 6.45) is 0.947. The van der Waals surface area contributed by atoms with Crippen LogP contribution in [0.25, 0.3) is 0 Å². The Balaban J connectivity index is 2.17. The topological polar surface area (TPSA) is 69.6 Å². The molecule has 0 saturated carbocycles. The highest BCUT2D eigenvalue weighted by atomic mass is 32.2. The molecule has 1 aromatic rings. The van der Waals surface area contributed by atoms with Gasteiger partial charge in [0, 0.05) is 18.7 Å². The maximum Gasteiger partial charge on any atom is 0.240 e. The minimum Gasteiger partial charge on any atom is -0.392 e. The van der Waals surface area contributed by atoms with Gasteiger partial charge in [-0.3, -0.25) is 0 Å². The normalized spacial score (nSPS) is 20.1. The minimum atomic E-state index is -3.77. The van der Waals surface area contributed by atoms with Crippen LogP contribution in [0.15, 0.2) is 17.0 Å². The lowest BCUT2D eigenvalue weighted by molar-refractivity contribution is 0.281. The number of halogens is 1. The van der Waals surface area contributed by atoms with E-state index in [2.05, 4.69) is 9.62 Å². The molecule has 1 atom stereocenters. The molecular formula is C14H21FN2O3S. The number of nitrogens with zero attached hydrogens (tertiary/aromatic N) is 1. The van der Waals surface area contributed by atoms with Crippen molar-refractivity contribution in [2.75, 3.05) is 26.7 Å². The van der Waals surface area contributed by atoms with E-state index in [0.29, 0.717) is 6.54 Å². The highest BCUT2D eigenvalue weighted by Gasteiger charge is 2.24. The first-order chi connectivity index (χ1) is 9.83. The number of benzene rings is 1. The van der Waals surface area contributed by atoms with Crippen LogP contribution in [0.2, 0.25) is 0 Å². The fraction of sp³-hybridized carbons (Fsp3) is 0.571. The lowest BCUT2D eigenvalue weighted by atomic mass is 10.1. The van der Waals surface area contributed by atoms with Gasteiger partial charge in [-0.25, -0.2) is 17.5 Å². The third-order valence-electron chi connectivity index (χ3n) is 3.88. The second-order valence-corrected chi connectivity index (χ2v) is 7.36. The van der Waals surface area contributed by atoms with Gasteiger partial charge in [0.05, 0.1) is 11.5 Å². The zero-order chi connectivity index (χ0) is 15.6. The van der Waals surface area contributed by atoms with Crippen LogP contribution in [0.3, 0.4) is 0 Å². The van der Waals surface area contributed by atoms with Crippen LogP contribution in [-0.4, -0.2) is 45.1 Å². The number of aliphatic hydroxyl groups is 1. The number of nitrogens with one attached hydrogen (secondary N) is 1. The number of aliphatic hydroxyl groups excluding tert-OH is 1. The lowest BCUT2D eigenvalue weighted by Crippen LogP contribution is -2.31. The van der Waals surface area contributed by atoms with Gasteiger partial charge in [0.2, 0.25) is 10.0 Å². The zero-order valence-electron chi connectivity index (χ0n) is 12.3. The molecule has 0 radical (unpaired) electrons. The Bertz CT molecular complexity index is 619. The predicted molar refractivity (Wildman–Crippen MR) is 77.9 cm³/mol. The Labute approximate surface area is 124 Å². The van der Waals surface area contributed by atoms with Crippen LogP contribution in [-0.2, 0) is 16.6 Å². The number of hydrogen-bond donors (Lipinski definition) is 2. The maximum absolute atomic E-state index is 13.7. The van der Waals surface area contributed by atoms with E-state index in [9.17, 15) is 12.8 Å². The molecule has 21 heavy (non-hydrogen) atoms. The SMILES string of the molecule is Cc1c(F)cc(CO)cc1S(=O)(=O)NCC1CCN(C)C1. The fourth-order valence-corrected chi connectivity index (χ4v) is 3.99. The molecular weight excluding hydrogens is 295 g/mol. The monoisotopic (exact) mass is 316 g/mol. The Morgan fingerprint density at radius 2 is 2.19 bits per heavy atom. The van der Waals surface area contributed by atoms with Gasteiger partial charge in [-0.05, 0) is 50.6 Å². The average Bonchev–Trinajstić information content (AvgIpc) is 2.85. The Hall–Kier alpha value is -1.02. The molecule has 1 fully saturated rings. The van der Waals surface area contributed by atoms with Crippen molar-refractivity contribution in [2.24, 2.45) is 5.92 Å². The van der Waals surface area contributed by atoms with Crippen molar-refractivity contribution < 1.29 is 17.9 Å². The maximum atomic E-state index is 13.7. The molecule has 2 rings (SSSR count). The average molecular weight is 316 g/mol. The van der Waals surface area contributed by atoms with Crippen molar-refractivity contribution in [1.82, 2.24) is 9.62 Å². The fourth-order valence-electron chi connectivity index (χ4n) is 2.58. The molecule has 0 spiro atoms. The number of sulfonamides is 1. The quantitative estimate of drug-likeness (QED) is 0.845. The van der Waals surface area contributed by atoms with E-state index < -0.39 is 22.4 Å². The summed E-state index contributed by atoms with van der Waals surface area (Å²) in [4.78, 5) is 2.05. The van der Waals surface area contributed by atoms with Crippen molar-refractivity contribution in [3.05, 3.63) is 29.1 Å². The molecule has 0 bridgehead atoms. The van der Waals surface area contributed by atoms with Crippen LogP contribution < -0.4 is 4.72 Å². The number of rotatable bonds is 5. The van der Waals surface area contributed by atoms with E-state index in [1.54, 1.807) is 0 Å². The van der Waals surface area contributed by atoms with Gasteiger partial charge in [0.1, 0.15) is 5.82 Å². The summed E-state index contributed by atoms with van der Waals surface area (Å²) in [5, 5.41) is 9.09. The first-order valence-corrected chi connectivity index (χ1v) is 8.40. The molecule has 5 nitrogen and oxygen atoms in total. The van der Waals surface area contributed by atoms with Crippen molar-refractivity contribution in [3.63, 3.8) is 0 Å². The molecule has 7 heteroatoms. The molecule has 1 unspecified atom stereocenters. The summed E-state index contributed by atoms with van der Waals surface area (Å²) in [5.41, 5.74) is 0.322. The molecule has 0 aliphatic carbocycles. The van der Waals surface area contributed by atoms with Gasteiger partial charge in [-0.1, -0.05) is 0 Å². The third kappa shape index (κ3) is 3.79. The first kappa shape index (κ1) is 16.4. The van der Waals surface area contributed by atoms with Gasteiger partial charge < -0.3 is 10.0 Å². The van der Waals surface area contributed by atoms with Crippen LogP contribution in [0.1, 0.15) is 17.5 Å². The van der Waals surface area contributed by atoms with Gasteiger partial charge in [-0.15, -0.1) is 0 Å². The smallest absolute Gasteiger partial charge is 0.240 e. The summed E-state index contributed by atoms with van der Waals surface area (Å²) >= 11 is 0. The summed E-state index contributed by atoms with van der Waals surface area (Å²) in [6, 6.07) is 2.47. The van der Waals surface area contributed by atoms with Gasteiger partial charge >= 0.3 is 0 Å². The van der Waals surface area contributed by atoms with Gasteiger partial charge in [0.15, 0.2) is 0 Å². The third-order valence-corrected chi connectivity index (χ3v) is 5.43. The molecule has 2 N–H and O–H groups in total. The molecule has 1 aliphatic rings. The van der Waals surface area contributed by atoms with Crippen LogP contribution in [0.5, 0.6) is 0 Å². The van der Waals surface area contributed by atoms with E-state index >= 15 is 0 Å². The van der Waals surface area contributed by atoms with Crippen LogP contribution in [0, 0.1) is 18.7 Å². The lowest BCUT2D eigenvalue weighted by Gasteiger charge is -2.14. The summed E-state index contributed by atoms with van der Waals surface area (Å²) in [6.45, 7) is 3.19. The van der Waals surface area contributed by atoms with Crippen molar-refractivity contribution in [1.29, 1.82) is 0 Å².